The molecule has 0 aromatic carbocycles. The van der Waals surface area contributed by atoms with Crippen molar-refractivity contribution in [3.63, 3.8) is 0 Å². The first-order valence-corrected chi connectivity index (χ1v) is 3.68. The number of carbonyl (C=O) groups is 1. The summed E-state index contributed by atoms with van der Waals surface area (Å²) in [6.45, 7) is 5.53. The average Bonchev–Trinajstić information content (AvgIpc) is 1.87. The number of hydrogen-bond donors (Lipinski definition) is 1. The lowest BCUT2D eigenvalue weighted by Crippen LogP contribution is -2.22. The van der Waals surface area contributed by atoms with Crippen LogP contribution in [0.5, 0.6) is 0 Å². The normalized spacial score (nSPS) is 19.6. The van der Waals surface area contributed by atoms with Gasteiger partial charge in [-0.3, -0.25) is 0 Å². The molecule has 10 heavy (non-hydrogen) atoms. The van der Waals surface area contributed by atoms with E-state index in [1.807, 2.05) is 13.8 Å². The third-order valence-electron chi connectivity index (χ3n) is 1.85. The van der Waals surface area contributed by atoms with Gasteiger partial charge in [-0.2, -0.15) is 0 Å². The lowest BCUT2D eigenvalue weighted by atomic mass is 9.84. The maximum absolute atomic E-state index is 10.5. The molecule has 0 saturated heterocycles. The maximum atomic E-state index is 10.5. The van der Waals surface area contributed by atoms with E-state index in [2.05, 4.69) is 0 Å². The molecular formula is C8H16O2. The van der Waals surface area contributed by atoms with Gasteiger partial charge in [0.1, 0.15) is 6.29 Å². The minimum Gasteiger partial charge on any atom is -0.393 e. The number of aliphatic hydroxyl groups excluding tert-OH is 1. The predicted octanol–water partition coefficient (Wildman–Crippen LogP) is 1.37. The van der Waals surface area contributed by atoms with E-state index in [1.54, 1.807) is 6.92 Å². The molecule has 0 aliphatic heterocycles. The van der Waals surface area contributed by atoms with Gasteiger partial charge in [0.2, 0.25) is 0 Å². The molecule has 0 saturated carbocycles. The fourth-order valence-electron chi connectivity index (χ4n) is 0.951. The molecule has 0 aromatic heterocycles. The summed E-state index contributed by atoms with van der Waals surface area (Å²) in [4.78, 5) is 10.5. The zero-order chi connectivity index (χ0) is 8.20. The molecule has 0 amide bonds. The molecule has 2 atom stereocenters. The van der Waals surface area contributed by atoms with E-state index in [1.165, 1.54) is 0 Å². The van der Waals surface area contributed by atoms with Gasteiger partial charge in [0.05, 0.1) is 6.10 Å². The Morgan fingerprint density at radius 3 is 2.30 bits per heavy atom. The van der Waals surface area contributed by atoms with Crippen LogP contribution in [0, 0.1) is 5.41 Å². The Hall–Kier alpha value is -0.370. The number of aldehydes is 1. The summed E-state index contributed by atoms with van der Waals surface area (Å²) in [5, 5.41) is 8.99. The Labute approximate surface area is 62.2 Å². The van der Waals surface area contributed by atoms with Gasteiger partial charge in [0, 0.05) is 5.41 Å². The second-order valence-corrected chi connectivity index (χ2v) is 3.18. The van der Waals surface area contributed by atoms with Gasteiger partial charge in [-0.25, -0.2) is 0 Å². The van der Waals surface area contributed by atoms with Crippen LogP contribution in [-0.2, 0) is 4.79 Å². The molecule has 0 radical (unpaired) electrons. The SMILES string of the molecule is CCC(C)(C=O)CC(C)O. The van der Waals surface area contributed by atoms with Crippen LogP contribution in [-0.4, -0.2) is 17.5 Å². The largest absolute Gasteiger partial charge is 0.393 e. The lowest BCUT2D eigenvalue weighted by Gasteiger charge is -2.21. The number of hydrogen-bond acceptors (Lipinski definition) is 2. The summed E-state index contributed by atoms with van der Waals surface area (Å²) in [6.07, 6.45) is 1.91. The quantitative estimate of drug-likeness (QED) is 0.605. The van der Waals surface area contributed by atoms with Gasteiger partial charge in [0.15, 0.2) is 0 Å². The fraction of sp³-hybridized carbons (Fsp3) is 0.875. The summed E-state index contributed by atoms with van der Waals surface area (Å²) in [5.74, 6) is 0. The summed E-state index contributed by atoms with van der Waals surface area (Å²) in [5.41, 5.74) is -0.325. The zero-order valence-electron chi connectivity index (χ0n) is 6.92. The minimum absolute atomic E-state index is 0.325. The maximum Gasteiger partial charge on any atom is 0.125 e. The smallest absolute Gasteiger partial charge is 0.125 e. The van der Waals surface area contributed by atoms with Crippen LogP contribution in [0.25, 0.3) is 0 Å². The van der Waals surface area contributed by atoms with E-state index < -0.39 is 0 Å². The van der Waals surface area contributed by atoms with Gasteiger partial charge in [-0.15, -0.1) is 0 Å². The standard InChI is InChI=1S/C8H16O2/c1-4-8(3,6-9)5-7(2)10/h6-7,10H,4-5H2,1-3H3. The molecule has 2 unspecified atom stereocenters. The van der Waals surface area contributed by atoms with Crippen molar-refractivity contribution in [1.29, 1.82) is 0 Å². The monoisotopic (exact) mass is 144 g/mol. The number of aliphatic hydroxyl groups is 1. The summed E-state index contributed by atoms with van der Waals surface area (Å²) >= 11 is 0. The summed E-state index contributed by atoms with van der Waals surface area (Å²) < 4.78 is 0. The fourth-order valence-corrected chi connectivity index (χ4v) is 0.951. The highest BCUT2D eigenvalue weighted by atomic mass is 16.3. The van der Waals surface area contributed by atoms with Gasteiger partial charge >= 0.3 is 0 Å². The zero-order valence-corrected chi connectivity index (χ0v) is 6.92. The first-order chi connectivity index (χ1) is 4.54. The molecule has 1 N–H and O–H groups in total. The van der Waals surface area contributed by atoms with Gasteiger partial charge in [-0.1, -0.05) is 13.8 Å². The van der Waals surface area contributed by atoms with Crippen molar-refractivity contribution in [2.24, 2.45) is 5.41 Å². The van der Waals surface area contributed by atoms with Crippen LogP contribution in [0.15, 0.2) is 0 Å². The Morgan fingerprint density at radius 1 is 1.70 bits per heavy atom. The Balaban J connectivity index is 3.92. The van der Waals surface area contributed by atoms with E-state index in [4.69, 9.17) is 5.11 Å². The van der Waals surface area contributed by atoms with Gasteiger partial charge in [-0.05, 0) is 19.8 Å². The highest BCUT2D eigenvalue weighted by molar-refractivity contribution is 5.58. The van der Waals surface area contributed by atoms with Crippen molar-refractivity contribution in [1.82, 2.24) is 0 Å². The van der Waals surface area contributed by atoms with E-state index in [0.717, 1.165) is 12.7 Å². The van der Waals surface area contributed by atoms with Crippen LogP contribution in [0.2, 0.25) is 0 Å². The van der Waals surface area contributed by atoms with Gasteiger partial charge < -0.3 is 9.90 Å². The molecule has 0 bridgehead atoms. The van der Waals surface area contributed by atoms with Crippen LogP contribution in [0.1, 0.15) is 33.6 Å². The van der Waals surface area contributed by atoms with Crippen LogP contribution >= 0.6 is 0 Å². The molecular weight excluding hydrogens is 128 g/mol. The Kier molecular flexibility index (Phi) is 3.58. The molecule has 0 heterocycles. The number of rotatable bonds is 4. The van der Waals surface area contributed by atoms with Crippen LogP contribution in [0.3, 0.4) is 0 Å². The van der Waals surface area contributed by atoms with Crippen molar-refractivity contribution in [2.75, 3.05) is 0 Å². The molecule has 2 heteroatoms. The molecule has 0 fully saturated rings. The highest BCUT2D eigenvalue weighted by Gasteiger charge is 2.22. The Bertz CT molecular complexity index is 110. The van der Waals surface area contributed by atoms with Crippen molar-refractivity contribution >= 4 is 6.29 Å². The minimum atomic E-state index is -0.379. The summed E-state index contributed by atoms with van der Waals surface area (Å²) in [7, 11) is 0. The van der Waals surface area contributed by atoms with Crippen molar-refractivity contribution in [3.05, 3.63) is 0 Å². The van der Waals surface area contributed by atoms with E-state index >= 15 is 0 Å². The second-order valence-electron chi connectivity index (χ2n) is 3.18. The van der Waals surface area contributed by atoms with E-state index in [-0.39, 0.29) is 11.5 Å². The van der Waals surface area contributed by atoms with Crippen molar-refractivity contribution in [3.8, 4) is 0 Å². The predicted molar refractivity (Wildman–Crippen MR) is 40.8 cm³/mol. The lowest BCUT2D eigenvalue weighted by molar-refractivity contribution is -0.117. The van der Waals surface area contributed by atoms with Crippen molar-refractivity contribution in [2.45, 2.75) is 39.7 Å². The molecule has 0 aliphatic rings. The van der Waals surface area contributed by atoms with E-state index in [9.17, 15) is 4.79 Å². The third-order valence-corrected chi connectivity index (χ3v) is 1.85. The molecule has 60 valence electrons. The molecule has 0 aromatic rings. The average molecular weight is 144 g/mol. The second kappa shape index (κ2) is 3.71. The molecule has 0 spiro atoms. The molecule has 0 aliphatic carbocycles. The molecule has 0 rings (SSSR count). The first kappa shape index (κ1) is 9.63. The molecule has 2 nitrogen and oxygen atoms in total. The topological polar surface area (TPSA) is 37.3 Å². The van der Waals surface area contributed by atoms with Crippen LogP contribution < -0.4 is 0 Å². The van der Waals surface area contributed by atoms with Crippen molar-refractivity contribution < 1.29 is 9.90 Å². The highest BCUT2D eigenvalue weighted by Crippen LogP contribution is 2.23. The Morgan fingerprint density at radius 2 is 2.20 bits per heavy atom. The van der Waals surface area contributed by atoms with E-state index in [0.29, 0.717) is 6.42 Å². The third kappa shape index (κ3) is 2.97. The van der Waals surface area contributed by atoms with Gasteiger partial charge in [0.25, 0.3) is 0 Å². The number of carbonyl (C=O) groups excluding carboxylic acids is 1. The first-order valence-electron chi connectivity index (χ1n) is 3.68. The summed E-state index contributed by atoms with van der Waals surface area (Å²) in [6, 6.07) is 0. The van der Waals surface area contributed by atoms with Crippen LogP contribution in [0.4, 0.5) is 0 Å².